The maximum Gasteiger partial charge on any atom is 0.316 e. The van der Waals surface area contributed by atoms with E-state index in [2.05, 4.69) is 13.8 Å². The molecule has 0 aromatic rings. The molecule has 0 amide bonds. The van der Waals surface area contributed by atoms with E-state index in [1.54, 1.807) is 4.42 Å². The van der Waals surface area contributed by atoms with Gasteiger partial charge in [-0.1, -0.05) is 6.92 Å². The van der Waals surface area contributed by atoms with E-state index in [-0.39, 0.29) is 23.1 Å². The second kappa shape index (κ2) is 6.14. The minimum absolute atomic E-state index is 0. The standard InChI is InChI=1S/C5H12ClN.Mg.2H/c1-4-7(6)5(2)3;;;/h5H,4H2,1-3H3;;;. The fourth-order valence-electron chi connectivity index (χ4n) is 0.365. The zero-order valence-corrected chi connectivity index (χ0v) is 5.87. The Hall–Kier alpha value is 1.02. The zero-order chi connectivity index (χ0) is 5.86. The molecule has 0 aliphatic heterocycles. The van der Waals surface area contributed by atoms with Crippen molar-refractivity contribution in [2.75, 3.05) is 6.54 Å². The molecule has 0 aromatic carbocycles. The fourth-order valence-corrected chi connectivity index (χ4v) is 0.365. The largest absolute Gasteiger partial charge is 0.316 e. The molecule has 48 valence electrons. The maximum atomic E-state index is 5.63. The van der Waals surface area contributed by atoms with Crippen molar-refractivity contribution in [3.8, 4) is 0 Å². The third kappa shape index (κ3) is 5.16. The second-order valence-corrected chi connectivity index (χ2v) is 2.24. The molecule has 0 aliphatic carbocycles. The van der Waals surface area contributed by atoms with E-state index in [4.69, 9.17) is 11.8 Å². The Labute approximate surface area is 72.6 Å². The quantitative estimate of drug-likeness (QED) is 0.416. The van der Waals surface area contributed by atoms with Gasteiger partial charge in [-0.2, -0.15) is 0 Å². The van der Waals surface area contributed by atoms with Crippen LogP contribution < -0.4 is 0 Å². The van der Waals surface area contributed by atoms with Gasteiger partial charge in [0.05, 0.1) is 0 Å². The monoisotopic (exact) mass is 147 g/mol. The highest BCUT2D eigenvalue weighted by atomic mass is 35.5. The summed E-state index contributed by atoms with van der Waals surface area (Å²) < 4.78 is 1.76. The second-order valence-electron chi connectivity index (χ2n) is 1.81. The van der Waals surface area contributed by atoms with Crippen LogP contribution in [0.2, 0.25) is 0 Å². The Balaban J connectivity index is 0. The van der Waals surface area contributed by atoms with Crippen LogP contribution in [0.4, 0.5) is 0 Å². The average Bonchev–Trinajstić information content (AvgIpc) is 1.65. The molecule has 1 nitrogen and oxygen atoms in total. The first kappa shape index (κ1) is 11.8. The van der Waals surface area contributed by atoms with Gasteiger partial charge in [0.25, 0.3) is 0 Å². The first-order valence-electron chi connectivity index (χ1n) is 2.61. The molecule has 0 aliphatic rings. The Morgan fingerprint density at radius 1 is 1.50 bits per heavy atom. The Kier molecular flexibility index (Phi) is 9.03. The van der Waals surface area contributed by atoms with Crippen molar-refractivity contribution in [2.45, 2.75) is 26.8 Å². The molecule has 0 unspecified atom stereocenters. The van der Waals surface area contributed by atoms with E-state index >= 15 is 0 Å². The molecule has 0 saturated heterocycles. The lowest BCUT2D eigenvalue weighted by Crippen LogP contribution is -2.19. The van der Waals surface area contributed by atoms with Crippen LogP contribution in [0.3, 0.4) is 0 Å². The molecule has 0 spiro atoms. The summed E-state index contributed by atoms with van der Waals surface area (Å²) >= 11 is 5.63. The molecule has 8 heavy (non-hydrogen) atoms. The highest BCUT2D eigenvalue weighted by Crippen LogP contribution is 1.98. The van der Waals surface area contributed by atoms with Gasteiger partial charge in [-0.05, 0) is 25.6 Å². The Morgan fingerprint density at radius 2 is 1.88 bits per heavy atom. The molecule has 0 atom stereocenters. The lowest BCUT2D eigenvalue weighted by atomic mass is 10.4. The lowest BCUT2D eigenvalue weighted by molar-refractivity contribution is 0.400. The number of hydrogen-bond acceptors (Lipinski definition) is 1. The van der Waals surface area contributed by atoms with Crippen LogP contribution in [-0.2, 0) is 0 Å². The number of hydrogen-bond donors (Lipinski definition) is 0. The molecule has 3 heteroatoms. The van der Waals surface area contributed by atoms with Gasteiger partial charge in [0.15, 0.2) is 0 Å². The van der Waals surface area contributed by atoms with Crippen LogP contribution in [-0.4, -0.2) is 40.1 Å². The number of rotatable bonds is 2. The summed E-state index contributed by atoms with van der Waals surface area (Å²) in [6, 6.07) is 0.465. The third-order valence-electron chi connectivity index (χ3n) is 0.862. The van der Waals surface area contributed by atoms with Crippen molar-refractivity contribution in [1.29, 1.82) is 0 Å². The van der Waals surface area contributed by atoms with E-state index in [1.165, 1.54) is 0 Å². The van der Waals surface area contributed by atoms with Crippen LogP contribution in [0.5, 0.6) is 0 Å². The van der Waals surface area contributed by atoms with Crippen molar-refractivity contribution < 1.29 is 0 Å². The predicted octanol–water partition coefficient (Wildman–Crippen LogP) is 0.954. The van der Waals surface area contributed by atoms with Gasteiger partial charge in [-0.3, -0.25) is 0 Å². The summed E-state index contributed by atoms with van der Waals surface area (Å²) in [5.74, 6) is 0. The first-order valence-corrected chi connectivity index (χ1v) is 2.94. The number of halogens is 1. The predicted molar refractivity (Wildman–Crippen MR) is 41.9 cm³/mol. The third-order valence-corrected chi connectivity index (χ3v) is 1.49. The molecular weight excluding hydrogens is 134 g/mol. The Bertz CT molecular complexity index is 49.7. The summed E-state index contributed by atoms with van der Waals surface area (Å²) in [5.41, 5.74) is 0. The van der Waals surface area contributed by atoms with Gasteiger partial charge in [-0.25, -0.2) is 4.42 Å². The highest BCUT2D eigenvalue weighted by molar-refractivity contribution is 6.13. The van der Waals surface area contributed by atoms with Gasteiger partial charge >= 0.3 is 23.1 Å². The lowest BCUT2D eigenvalue weighted by Gasteiger charge is -2.13. The SMILES string of the molecule is CCN(Cl)C(C)C.[MgH2]. The smallest absolute Gasteiger partial charge is 0.218 e. The molecule has 0 heterocycles. The normalized spacial score (nSPS) is 9.75. The van der Waals surface area contributed by atoms with Crippen molar-refractivity contribution >= 4 is 34.8 Å². The van der Waals surface area contributed by atoms with Gasteiger partial charge < -0.3 is 0 Å². The van der Waals surface area contributed by atoms with Gasteiger partial charge in [0.1, 0.15) is 0 Å². The molecule has 0 fully saturated rings. The molecule has 0 N–H and O–H groups in total. The van der Waals surface area contributed by atoms with E-state index in [0.29, 0.717) is 6.04 Å². The van der Waals surface area contributed by atoms with Crippen LogP contribution in [0.15, 0.2) is 0 Å². The van der Waals surface area contributed by atoms with Crippen molar-refractivity contribution in [3.63, 3.8) is 0 Å². The van der Waals surface area contributed by atoms with E-state index < -0.39 is 0 Å². The molecule has 0 bridgehead atoms. The Morgan fingerprint density at radius 3 is 1.88 bits per heavy atom. The van der Waals surface area contributed by atoms with E-state index in [1.807, 2.05) is 6.92 Å². The topological polar surface area (TPSA) is 3.24 Å². The summed E-state index contributed by atoms with van der Waals surface area (Å²) in [7, 11) is 0. The first-order chi connectivity index (χ1) is 3.18. The summed E-state index contributed by atoms with van der Waals surface area (Å²) in [5, 5.41) is 0. The maximum absolute atomic E-state index is 5.63. The molecule has 0 rings (SSSR count). The minimum Gasteiger partial charge on any atom is -0.218 e. The van der Waals surface area contributed by atoms with Crippen LogP contribution >= 0.6 is 11.8 Å². The van der Waals surface area contributed by atoms with Crippen LogP contribution in [0.1, 0.15) is 20.8 Å². The van der Waals surface area contributed by atoms with Crippen LogP contribution in [0, 0.1) is 0 Å². The van der Waals surface area contributed by atoms with Crippen molar-refractivity contribution in [1.82, 2.24) is 4.42 Å². The summed E-state index contributed by atoms with van der Waals surface area (Å²) in [4.78, 5) is 0. The fraction of sp³-hybridized carbons (Fsp3) is 1.00. The van der Waals surface area contributed by atoms with Crippen molar-refractivity contribution in [2.24, 2.45) is 0 Å². The zero-order valence-electron chi connectivity index (χ0n) is 5.11. The number of nitrogens with zero attached hydrogens (tertiary/aromatic N) is 1. The van der Waals surface area contributed by atoms with E-state index in [0.717, 1.165) is 6.54 Å². The van der Waals surface area contributed by atoms with Gasteiger partial charge in [-0.15, -0.1) is 0 Å². The van der Waals surface area contributed by atoms with Gasteiger partial charge in [0, 0.05) is 12.6 Å². The summed E-state index contributed by atoms with van der Waals surface area (Å²) in [6.45, 7) is 7.08. The molecule has 0 saturated carbocycles. The average molecular weight is 148 g/mol. The minimum atomic E-state index is 0. The molecule has 0 radical (unpaired) electrons. The molecule has 0 aromatic heterocycles. The van der Waals surface area contributed by atoms with E-state index in [9.17, 15) is 0 Å². The molecular formula is C5H14ClMgN. The van der Waals surface area contributed by atoms with Gasteiger partial charge in [0.2, 0.25) is 0 Å². The highest BCUT2D eigenvalue weighted by Gasteiger charge is 1.98. The van der Waals surface area contributed by atoms with Crippen molar-refractivity contribution in [3.05, 3.63) is 0 Å². The van der Waals surface area contributed by atoms with Crippen LogP contribution in [0.25, 0.3) is 0 Å². The summed E-state index contributed by atoms with van der Waals surface area (Å²) in [6.07, 6.45) is 0.